The van der Waals surface area contributed by atoms with Gasteiger partial charge in [-0.3, -0.25) is 9.59 Å². The van der Waals surface area contributed by atoms with Crippen LogP contribution in [0.3, 0.4) is 0 Å². The highest BCUT2D eigenvalue weighted by atomic mass is 16.5. The molecule has 0 saturated heterocycles. The summed E-state index contributed by atoms with van der Waals surface area (Å²) in [6, 6.07) is 16.7. The van der Waals surface area contributed by atoms with Gasteiger partial charge in [-0.15, -0.1) is 0 Å². The normalized spacial score (nSPS) is 10.2. The predicted octanol–water partition coefficient (Wildman–Crippen LogP) is 3.01. The summed E-state index contributed by atoms with van der Waals surface area (Å²) in [5.41, 5.74) is 1.17. The molecule has 0 saturated carbocycles. The van der Waals surface area contributed by atoms with Crippen LogP contribution in [0.4, 0.5) is 5.69 Å². The third-order valence-electron chi connectivity index (χ3n) is 4.14. The van der Waals surface area contributed by atoms with E-state index in [1.165, 1.54) is 18.4 Å². The fourth-order valence-electron chi connectivity index (χ4n) is 2.66. The lowest BCUT2D eigenvalue weighted by Gasteiger charge is -2.11. The Bertz CT molecular complexity index is 1030. The molecule has 0 aliphatic carbocycles. The van der Waals surface area contributed by atoms with Crippen LogP contribution < -0.4 is 15.4 Å². The van der Waals surface area contributed by atoms with Crippen molar-refractivity contribution in [2.24, 2.45) is 0 Å². The first-order chi connectivity index (χ1) is 14.6. The molecule has 0 bridgehead atoms. The first kappa shape index (κ1) is 20.7. The molecule has 0 aliphatic heterocycles. The summed E-state index contributed by atoms with van der Waals surface area (Å²) in [5, 5.41) is 5.26. The van der Waals surface area contributed by atoms with Crippen molar-refractivity contribution in [3.63, 3.8) is 0 Å². The fourth-order valence-corrected chi connectivity index (χ4v) is 2.66. The minimum Gasteiger partial charge on any atom is -0.496 e. The van der Waals surface area contributed by atoms with Gasteiger partial charge in [-0.25, -0.2) is 4.79 Å². The second-order valence-electron chi connectivity index (χ2n) is 6.14. The van der Waals surface area contributed by atoms with E-state index in [4.69, 9.17) is 13.9 Å². The maximum Gasteiger partial charge on any atom is 0.340 e. The van der Waals surface area contributed by atoms with Crippen LogP contribution in [-0.2, 0) is 16.1 Å². The number of carbonyl (C=O) groups is 3. The van der Waals surface area contributed by atoms with E-state index in [1.807, 2.05) is 18.2 Å². The van der Waals surface area contributed by atoms with Gasteiger partial charge >= 0.3 is 5.97 Å². The van der Waals surface area contributed by atoms with Crippen LogP contribution in [0.2, 0.25) is 0 Å². The quantitative estimate of drug-likeness (QED) is 0.555. The van der Waals surface area contributed by atoms with Gasteiger partial charge in [-0.2, -0.15) is 0 Å². The van der Waals surface area contributed by atoms with Crippen LogP contribution in [0, 0.1) is 0 Å². The summed E-state index contributed by atoms with van der Waals surface area (Å²) >= 11 is 0. The number of rotatable bonds is 8. The Morgan fingerprint density at radius 2 is 1.73 bits per heavy atom. The van der Waals surface area contributed by atoms with Crippen molar-refractivity contribution in [1.82, 2.24) is 5.32 Å². The Labute approximate surface area is 172 Å². The first-order valence-electron chi connectivity index (χ1n) is 9.08. The van der Waals surface area contributed by atoms with Gasteiger partial charge in [0.1, 0.15) is 5.75 Å². The van der Waals surface area contributed by atoms with Gasteiger partial charge in [0.25, 0.3) is 11.8 Å². The third-order valence-corrected chi connectivity index (χ3v) is 4.14. The third kappa shape index (κ3) is 5.26. The Morgan fingerprint density at radius 1 is 0.967 bits per heavy atom. The second kappa shape index (κ2) is 9.92. The number of para-hydroxylation sites is 2. The molecule has 0 spiro atoms. The van der Waals surface area contributed by atoms with Gasteiger partial charge < -0.3 is 24.5 Å². The lowest BCUT2D eigenvalue weighted by Crippen LogP contribution is -2.28. The predicted molar refractivity (Wildman–Crippen MR) is 108 cm³/mol. The summed E-state index contributed by atoms with van der Waals surface area (Å²) in [5.74, 6) is -0.955. The number of esters is 1. The van der Waals surface area contributed by atoms with Crippen molar-refractivity contribution in [1.29, 1.82) is 0 Å². The molecule has 0 atom stereocenters. The molecular formula is C22H20N2O6. The molecule has 3 rings (SSSR count). The molecule has 2 N–H and O–H groups in total. The Kier molecular flexibility index (Phi) is 6.83. The monoisotopic (exact) mass is 408 g/mol. The highest BCUT2D eigenvalue weighted by molar-refractivity contribution is 6.06. The molecule has 2 amide bonds. The molecule has 0 radical (unpaired) electrons. The lowest BCUT2D eigenvalue weighted by molar-refractivity contribution is -0.124. The number of anilines is 1. The standard InChI is InChI=1S/C22H20N2O6/c1-28-18-10-5-2-7-15(18)13-23-20(25)14-30-22(27)16-8-3-4-9-17(16)24-21(26)19-11-6-12-29-19/h2-12H,13-14H2,1H3,(H,23,25)(H,24,26). The molecule has 154 valence electrons. The number of furan rings is 1. The molecule has 0 fully saturated rings. The molecule has 30 heavy (non-hydrogen) atoms. The molecule has 0 unspecified atom stereocenters. The number of benzene rings is 2. The summed E-state index contributed by atoms with van der Waals surface area (Å²) in [7, 11) is 1.55. The van der Waals surface area contributed by atoms with Crippen LogP contribution in [0.5, 0.6) is 5.75 Å². The van der Waals surface area contributed by atoms with E-state index in [-0.39, 0.29) is 23.6 Å². The topological polar surface area (TPSA) is 107 Å². The van der Waals surface area contributed by atoms with E-state index in [0.717, 1.165) is 5.56 Å². The van der Waals surface area contributed by atoms with E-state index in [9.17, 15) is 14.4 Å². The van der Waals surface area contributed by atoms with Crippen LogP contribution in [-0.4, -0.2) is 31.5 Å². The zero-order chi connectivity index (χ0) is 21.3. The fraction of sp³-hybridized carbons (Fsp3) is 0.136. The highest BCUT2D eigenvalue weighted by Gasteiger charge is 2.17. The van der Waals surface area contributed by atoms with Crippen molar-refractivity contribution in [3.8, 4) is 5.75 Å². The molecule has 0 aliphatic rings. The van der Waals surface area contributed by atoms with Crippen molar-refractivity contribution < 1.29 is 28.3 Å². The molecule has 3 aromatic rings. The van der Waals surface area contributed by atoms with Gasteiger partial charge in [-0.1, -0.05) is 30.3 Å². The van der Waals surface area contributed by atoms with Crippen molar-refractivity contribution >= 4 is 23.5 Å². The Balaban J connectivity index is 1.56. The lowest BCUT2D eigenvalue weighted by atomic mass is 10.1. The van der Waals surface area contributed by atoms with E-state index in [1.54, 1.807) is 37.4 Å². The van der Waals surface area contributed by atoms with Crippen LogP contribution >= 0.6 is 0 Å². The smallest absolute Gasteiger partial charge is 0.340 e. The molecule has 8 heteroatoms. The maximum atomic E-state index is 12.4. The molecule has 1 aromatic heterocycles. The van der Waals surface area contributed by atoms with Gasteiger partial charge in [-0.05, 0) is 30.3 Å². The van der Waals surface area contributed by atoms with E-state index < -0.39 is 24.4 Å². The van der Waals surface area contributed by atoms with E-state index in [2.05, 4.69) is 10.6 Å². The first-order valence-corrected chi connectivity index (χ1v) is 9.08. The number of hydrogen-bond acceptors (Lipinski definition) is 6. The number of nitrogens with one attached hydrogen (secondary N) is 2. The molecule has 1 heterocycles. The van der Waals surface area contributed by atoms with Gasteiger partial charge in [0.2, 0.25) is 0 Å². The second-order valence-corrected chi connectivity index (χ2v) is 6.14. The van der Waals surface area contributed by atoms with Crippen molar-refractivity contribution in [3.05, 3.63) is 83.8 Å². The van der Waals surface area contributed by atoms with Gasteiger partial charge in [0, 0.05) is 12.1 Å². The SMILES string of the molecule is COc1ccccc1CNC(=O)COC(=O)c1ccccc1NC(=O)c1ccco1. The minimum absolute atomic E-state index is 0.105. The number of carbonyl (C=O) groups excluding carboxylic acids is 3. The van der Waals surface area contributed by atoms with Crippen LogP contribution in [0.15, 0.2) is 71.3 Å². The van der Waals surface area contributed by atoms with E-state index >= 15 is 0 Å². The van der Waals surface area contributed by atoms with Crippen molar-refractivity contribution in [2.75, 3.05) is 19.0 Å². The molecular weight excluding hydrogens is 388 g/mol. The largest absolute Gasteiger partial charge is 0.496 e. The number of hydrogen-bond donors (Lipinski definition) is 2. The van der Waals surface area contributed by atoms with E-state index in [0.29, 0.717) is 5.75 Å². The maximum absolute atomic E-state index is 12.4. The number of amides is 2. The minimum atomic E-state index is -0.738. The van der Waals surface area contributed by atoms with Crippen molar-refractivity contribution in [2.45, 2.75) is 6.54 Å². The Morgan fingerprint density at radius 3 is 2.50 bits per heavy atom. The van der Waals surface area contributed by atoms with Crippen LogP contribution in [0.1, 0.15) is 26.5 Å². The Hall–Kier alpha value is -4.07. The van der Waals surface area contributed by atoms with Gasteiger partial charge in [0.05, 0.1) is 24.6 Å². The average Bonchev–Trinajstić information content (AvgIpc) is 3.32. The summed E-state index contributed by atoms with van der Waals surface area (Å²) in [4.78, 5) is 36.6. The average molecular weight is 408 g/mol. The summed E-state index contributed by atoms with van der Waals surface area (Å²) in [6.45, 7) is -0.232. The zero-order valence-corrected chi connectivity index (χ0v) is 16.2. The number of ether oxygens (including phenoxy) is 2. The summed E-state index contributed by atoms with van der Waals surface area (Å²) in [6.07, 6.45) is 1.37. The number of methoxy groups -OCH3 is 1. The van der Waals surface area contributed by atoms with Gasteiger partial charge in [0.15, 0.2) is 12.4 Å². The van der Waals surface area contributed by atoms with Crippen LogP contribution in [0.25, 0.3) is 0 Å². The highest BCUT2D eigenvalue weighted by Crippen LogP contribution is 2.18. The zero-order valence-electron chi connectivity index (χ0n) is 16.2. The molecule has 8 nitrogen and oxygen atoms in total. The summed E-state index contributed by atoms with van der Waals surface area (Å²) < 4.78 is 15.4. The molecule has 2 aromatic carbocycles.